The number of unbranched alkanes of at least 4 members (excludes halogenated alkanes) is 7. The predicted octanol–water partition coefficient (Wildman–Crippen LogP) is 13.3. The van der Waals surface area contributed by atoms with Crippen LogP contribution in [0.3, 0.4) is 0 Å². The van der Waals surface area contributed by atoms with Crippen LogP contribution in [-0.4, -0.2) is 4.57 Å². The molecule has 1 aromatic heterocycles. The number of aromatic nitrogens is 1. The number of halogens is 2. The maximum atomic E-state index is 7.04. The molecule has 0 N–H and O–H groups in total. The number of fused-ring (bicyclic) bond motifs is 3. The molecule has 7 heteroatoms. The molecule has 0 saturated heterocycles. The molecule has 270 valence electrons. The first-order valence-corrected chi connectivity index (χ1v) is 22.8. The second-order valence-corrected chi connectivity index (χ2v) is 18.7. The fourth-order valence-corrected chi connectivity index (χ4v) is 11.4. The SMILES string of the molecule is CCCCCCCCCCn1c2cc(Br)c(OP(c3ccccc3)c3ccccc3)cc2c2cc(OP(c3ccccc3)c3ccccc3)c(Br)cc21. The Morgan fingerprint density at radius 1 is 0.453 bits per heavy atom. The van der Waals surface area contributed by atoms with Gasteiger partial charge >= 0.3 is 0 Å². The third-order valence-corrected chi connectivity index (χ3v) is 14.6. The molecular weight excluding hydrogens is 820 g/mol. The number of rotatable bonds is 17. The van der Waals surface area contributed by atoms with Crippen molar-refractivity contribution in [2.75, 3.05) is 0 Å². The Hall–Kier alpha value is -3.46. The van der Waals surface area contributed by atoms with E-state index in [4.69, 9.17) is 9.05 Å². The van der Waals surface area contributed by atoms with Gasteiger partial charge in [-0.1, -0.05) is 173 Å². The second-order valence-electron chi connectivity index (χ2n) is 13.3. The van der Waals surface area contributed by atoms with Crippen LogP contribution in [0.2, 0.25) is 0 Å². The fraction of sp³-hybridized carbons (Fsp3) is 0.217. The number of benzene rings is 6. The molecule has 53 heavy (non-hydrogen) atoms. The minimum absolute atomic E-state index is 0.837. The van der Waals surface area contributed by atoms with Gasteiger partial charge in [-0.25, -0.2) is 0 Å². The normalized spacial score (nSPS) is 11.6. The average molecular weight is 866 g/mol. The molecule has 0 amide bonds. The summed E-state index contributed by atoms with van der Waals surface area (Å²) in [6.07, 6.45) is 10.3. The zero-order valence-electron chi connectivity index (χ0n) is 30.1. The quantitative estimate of drug-likeness (QED) is 0.0672. The lowest BCUT2D eigenvalue weighted by atomic mass is 10.1. The van der Waals surface area contributed by atoms with Gasteiger partial charge in [-0.05, 0) is 62.5 Å². The zero-order chi connectivity index (χ0) is 36.4. The summed E-state index contributed by atoms with van der Waals surface area (Å²) in [5, 5.41) is 7.02. The Kier molecular flexibility index (Phi) is 13.4. The molecule has 7 rings (SSSR count). The largest absolute Gasteiger partial charge is 0.463 e. The van der Waals surface area contributed by atoms with Crippen LogP contribution >= 0.6 is 48.2 Å². The molecule has 1 heterocycles. The average Bonchev–Trinajstić information content (AvgIpc) is 3.48. The van der Waals surface area contributed by atoms with Gasteiger partial charge in [-0.3, -0.25) is 0 Å². The lowest BCUT2D eigenvalue weighted by Crippen LogP contribution is -2.15. The van der Waals surface area contributed by atoms with E-state index < -0.39 is 16.3 Å². The van der Waals surface area contributed by atoms with E-state index in [0.29, 0.717) is 0 Å². The lowest BCUT2D eigenvalue weighted by Gasteiger charge is -2.20. The second kappa shape index (κ2) is 18.7. The van der Waals surface area contributed by atoms with Gasteiger partial charge in [-0.15, -0.1) is 0 Å². The molecule has 0 aliphatic rings. The summed E-state index contributed by atoms with van der Waals surface area (Å²) in [4.78, 5) is 0. The summed E-state index contributed by atoms with van der Waals surface area (Å²) >= 11 is 7.92. The van der Waals surface area contributed by atoms with E-state index in [2.05, 4.69) is 189 Å². The standard InChI is InChI=1S/C46H45Br2NO2P2/c1-2-3-4-5-6-7-8-21-30-49-43-33-41(47)45(50-52(35-22-13-9-14-23-35)36-24-15-10-16-25-36)31-39(43)40-32-46(42(48)34-44(40)49)51-53(37-26-17-11-18-27-37)38-28-19-12-20-29-38/h9-20,22-29,31-34H,2-8,21,30H2,1H3. The molecule has 0 radical (unpaired) electrons. The molecule has 0 bridgehead atoms. The van der Waals surface area contributed by atoms with Crippen LogP contribution < -0.4 is 30.3 Å². The van der Waals surface area contributed by atoms with E-state index in [1.165, 1.54) is 77.2 Å². The Morgan fingerprint density at radius 3 is 1.15 bits per heavy atom. The van der Waals surface area contributed by atoms with E-state index >= 15 is 0 Å². The lowest BCUT2D eigenvalue weighted by molar-refractivity contribution is 0.553. The number of hydrogen-bond donors (Lipinski definition) is 0. The topological polar surface area (TPSA) is 23.4 Å². The van der Waals surface area contributed by atoms with Crippen LogP contribution in [0, 0.1) is 0 Å². The minimum atomic E-state index is -1.10. The van der Waals surface area contributed by atoms with E-state index in [-0.39, 0.29) is 0 Å². The van der Waals surface area contributed by atoms with Crippen molar-refractivity contribution in [3.63, 3.8) is 0 Å². The first-order valence-electron chi connectivity index (χ1n) is 18.7. The van der Waals surface area contributed by atoms with Crippen LogP contribution in [-0.2, 0) is 6.54 Å². The van der Waals surface area contributed by atoms with Crippen molar-refractivity contribution in [3.05, 3.63) is 155 Å². The smallest absolute Gasteiger partial charge is 0.150 e. The maximum absolute atomic E-state index is 7.04. The minimum Gasteiger partial charge on any atom is -0.463 e. The van der Waals surface area contributed by atoms with Crippen molar-refractivity contribution >= 4 is 91.2 Å². The molecule has 7 aromatic rings. The van der Waals surface area contributed by atoms with Gasteiger partial charge in [-0.2, -0.15) is 0 Å². The van der Waals surface area contributed by atoms with Crippen molar-refractivity contribution < 1.29 is 9.05 Å². The summed E-state index contributed by atoms with van der Waals surface area (Å²) in [5.74, 6) is 1.67. The Balaban J connectivity index is 1.29. The van der Waals surface area contributed by atoms with Crippen molar-refractivity contribution in [2.24, 2.45) is 0 Å². The van der Waals surface area contributed by atoms with Gasteiger partial charge in [0.25, 0.3) is 0 Å². The van der Waals surface area contributed by atoms with Crippen LogP contribution in [0.15, 0.2) is 155 Å². The van der Waals surface area contributed by atoms with Crippen LogP contribution in [0.1, 0.15) is 58.3 Å². The van der Waals surface area contributed by atoms with Crippen molar-refractivity contribution in [1.29, 1.82) is 0 Å². The highest BCUT2D eigenvalue weighted by molar-refractivity contribution is 9.11. The van der Waals surface area contributed by atoms with Gasteiger partial charge in [0.05, 0.1) is 20.0 Å². The molecule has 6 aromatic carbocycles. The summed E-state index contributed by atoms with van der Waals surface area (Å²) in [6.45, 7) is 3.24. The highest BCUT2D eigenvalue weighted by Gasteiger charge is 2.23. The van der Waals surface area contributed by atoms with Crippen molar-refractivity contribution in [2.45, 2.75) is 64.8 Å². The van der Waals surface area contributed by atoms with E-state index in [9.17, 15) is 0 Å². The highest BCUT2D eigenvalue weighted by Crippen LogP contribution is 2.47. The number of aryl methyl sites for hydroxylation is 1. The third-order valence-electron chi connectivity index (χ3n) is 9.55. The molecule has 0 spiro atoms. The van der Waals surface area contributed by atoms with E-state index in [1.54, 1.807) is 0 Å². The monoisotopic (exact) mass is 863 g/mol. The Morgan fingerprint density at radius 2 is 0.792 bits per heavy atom. The molecule has 0 atom stereocenters. The third kappa shape index (κ3) is 9.26. The van der Waals surface area contributed by atoms with Gasteiger partial charge in [0.2, 0.25) is 0 Å². The van der Waals surface area contributed by atoms with Gasteiger partial charge < -0.3 is 13.6 Å². The molecule has 0 aliphatic carbocycles. The summed E-state index contributed by atoms with van der Waals surface area (Å²) in [5.41, 5.74) is 2.40. The molecule has 0 unspecified atom stereocenters. The van der Waals surface area contributed by atoms with E-state index in [0.717, 1.165) is 44.2 Å². The van der Waals surface area contributed by atoms with Crippen molar-refractivity contribution in [1.82, 2.24) is 4.57 Å². The van der Waals surface area contributed by atoms with Crippen LogP contribution in [0.5, 0.6) is 11.5 Å². The predicted molar refractivity (Wildman–Crippen MR) is 237 cm³/mol. The molecule has 0 saturated carbocycles. The van der Waals surface area contributed by atoms with Gasteiger partial charge in [0.1, 0.15) is 11.5 Å². The fourth-order valence-electron chi connectivity index (χ4n) is 6.84. The van der Waals surface area contributed by atoms with Crippen LogP contribution in [0.4, 0.5) is 0 Å². The maximum Gasteiger partial charge on any atom is 0.150 e. The summed E-state index contributed by atoms with van der Waals surface area (Å²) in [6, 6.07) is 51.3. The molecule has 0 aliphatic heterocycles. The van der Waals surface area contributed by atoms with Crippen molar-refractivity contribution in [3.8, 4) is 11.5 Å². The van der Waals surface area contributed by atoms with Gasteiger partial charge in [0.15, 0.2) is 16.3 Å². The van der Waals surface area contributed by atoms with E-state index in [1.807, 2.05) is 0 Å². The summed E-state index contributed by atoms with van der Waals surface area (Å²) in [7, 11) is -2.19. The van der Waals surface area contributed by atoms with Crippen LogP contribution in [0.25, 0.3) is 21.8 Å². The van der Waals surface area contributed by atoms with Gasteiger partial charge in [0, 0.05) is 38.5 Å². The highest BCUT2D eigenvalue weighted by atomic mass is 79.9. The molecular formula is C46H45Br2NO2P2. The number of nitrogens with zero attached hydrogens (tertiary/aromatic N) is 1. The Labute approximate surface area is 333 Å². The first kappa shape index (κ1) is 37.8. The number of hydrogen-bond acceptors (Lipinski definition) is 2. The first-order chi connectivity index (χ1) is 26.1. The molecule has 0 fully saturated rings. The zero-order valence-corrected chi connectivity index (χ0v) is 35.1. The Bertz CT molecular complexity index is 1990. The molecule has 3 nitrogen and oxygen atoms in total. The summed E-state index contributed by atoms with van der Waals surface area (Å²) < 4.78 is 18.5.